The van der Waals surface area contributed by atoms with E-state index in [1.807, 2.05) is 13.8 Å². The van der Waals surface area contributed by atoms with E-state index >= 15 is 0 Å². The maximum absolute atomic E-state index is 13.8. The molecule has 1 aromatic rings. The van der Waals surface area contributed by atoms with E-state index in [0.717, 1.165) is 18.4 Å². The first-order valence-electron chi connectivity index (χ1n) is 6.76. The second kappa shape index (κ2) is 6.15. The molecule has 0 saturated carbocycles. The van der Waals surface area contributed by atoms with Crippen LogP contribution in [0.4, 0.5) is 4.39 Å². The van der Waals surface area contributed by atoms with Crippen molar-refractivity contribution in [3.05, 3.63) is 35.1 Å². The van der Waals surface area contributed by atoms with E-state index < -0.39 is 5.82 Å². The van der Waals surface area contributed by atoms with Crippen LogP contribution in [0.25, 0.3) is 0 Å². The highest BCUT2D eigenvalue weighted by molar-refractivity contribution is 5.94. The molecular weight excluding hydrogens is 245 g/mol. The van der Waals surface area contributed by atoms with Crippen LogP contribution in [0.3, 0.4) is 0 Å². The quantitative estimate of drug-likeness (QED) is 0.912. The average molecular weight is 265 g/mol. The van der Waals surface area contributed by atoms with Gasteiger partial charge in [-0.1, -0.05) is 19.9 Å². The molecule has 3 nitrogen and oxygen atoms in total. The van der Waals surface area contributed by atoms with E-state index in [0.29, 0.717) is 13.2 Å². The van der Waals surface area contributed by atoms with Crippen molar-refractivity contribution in [2.75, 3.05) is 13.2 Å². The fourth-order valence-corrected chi connectivity index (χ4v) is 2.18. The zero-order valence-corrected chi connectivity index (χ0v) is 11.4. The highest BCUT2D eigenvalue weighted by atomic mass is 19.1. The number of ether oxygens (including phenoxy) is 1. The molecule has 1 aromatic carbocycles. The molecule has 1 heterocycles. The summed E-state index contributed by atoms with van der Waals surface area (Å²) >= 11 is 0. The Morgan fingerprint density at radius 2 is 2.05 bits per heavy atom. The lowest BCUT2D eigenvalue weighted by molar-refractivity contribution is 0.0694. The van der Waals surface area contributed by atoms with Gasteiger partial charge in [-0.25, -0.2) is 4.39 Å². The molecule has 0 atom stereocenters. The smallest absolute Gasteiger partial charge is 0.254 e. The summed E-state index contributed by atoms with van der Waals surface area (Å²) in [5.74, 6) is -0.518. The molecule has 1 saturated heterocycles. The van der Waals surface area contributed by atoms with E-state index in [1.54, 1.807) is 12.1 Å². The Labute approximate surface area is 113 Å². The van der Waals surface area contributed by atoms with Gasteiger partial charge in [-0.05, 0) is 36.5 Å². The Hall–Kier alpha value is -1.42. The number of carbonyl (C=O) groups excluding carboxylic acids is 1. The van der Waals surface area contributed by atoms with Crippen LogP contribution >= 0.6 is 0 Å². The number of rotatable bonds is 3. The normalized spacial score (nSPS) is 16.6. The summed E-state index contributed by atoms with van der Waals surface area (Å²) < 4.78 is 19.0. The number of hydrogen-bond acceptors (Lipinski definition) is 2. The molecule has 19 heavy (non-hydrogen) atoms. The van der Waals surface area contributed by atoms with Gasteiger partial charge in [-0.2, -0.15) is 0 Å². The summed E-state index contributed by atoms with van der Waals surface area (Å²) in [5.41, 5.74) is 1.11. The summed E-state index contributed by atoms with van der Waals surface area (Å²) in [4.78, 5) is 12.1. The minimum Gasteiger partial charge on any atom is -0.381 e. The van der Waals surface area contributed by atoms with Crippen LogP contribution in [0.1, 0.15) is 48.5 Å². The standard InChI is InChI=1S/C15H20FNO2/c1-10(2)11-3-4-14(16)13(9-11)15(18)17-12-5-7-19-8-6-12/h3-4,9-10,12H,5-8H2,1-2H3,(H,17,18). The van der Waals surface area contributed by atoms with Crippen molar-refractivity contribution in [2.24, 2.45) is 0 Å². The van der Waals surface area contributed by atoms with Crippen molar-refractivity contribution in [1.29, 1.82) is 0 Å². The summed E-state index contributed by atoms with van der Waals surface area (Å²) in [5, 5.41) is 2.88. The van der Waals surface area contributed by atoms with Crippen molar-refractivity contribution in [2.45, 2.75) is 38.6 Å². The summed E-state index contributed by atoms with van der Waals surface area (Å²) in [6.07, 6.45) is 1.58. The van der Waals surface area contributed by atoms with Crippen molar-refractivity contribution >= 4 is 5.91 Å². The van der Waals surface area contributed by atoms with Crippen LogP contribution in [0.2, 0.25) is 0 Å². The third kappa shape index (κ3) is 3.53. The molecular formula is C15H20FNO2. The monoisotopic (exact) mass is 265 g/mol. The number of nitrogens with one attached hydrogen (secondary N) is 1. The van der Waals surface area contributed by atoms with Crippen LogP contribution in [0.5, 0.6) is 0 Å². The van der Waals surface area contributed by atoms with E-state index in [4.69, 9.17) is 4.74 Å². The third-order valence-electron chi connectivity index (χ3n) is 3.46. The van der Waals surface area contributed by atoms with E-state index in [-0.39, 0.29) is 23.4 Å². The van der Waals surface area contributed by atoms with Crippen molar-refractivity contribution < 1.29 is 13.9 Å². The second-order valence-corrected chi connectivity index (χ2v) is 5.25. The topological polar surface area (TPSA) is 38.3 Å². The first-order valence-corrected chi connectivity index (χ1v) is 6.76. The third-order valence-corrected chi connectivity index (χ3v) is 3.46. The number of hydrogen-bond donors (Lipinski definition) is 1. The van der Waals surface area contributed by atoms with Crippen molar-refractivity contribution in [3.63, 3.8) is 0 Å². The van der Waals surface area contributed by atoms with Gasteiger partial charge in [0.15, 0.2) is 0 Å². The molecule has 1 aliphatic rings. The molecule has 1 N–H and O–H groups in total. The molecule has 0 unspecified atom stereocenters. The molecule has 4 heteroatoms. The predicted molar refractivity (Wildman–Crippen MR) is 71.8 cm³/mol. The summed E-state index contributed by atoms with van der Waals surface area (Å²) in [6.45, 7) is 5.35. The maximum Gasteiger partial charge on any atom is 0.254 e. The Morgan fingerprint density at radius 1 is 1.37 bits per heavy atom. The molecule has 0 spiro atoms. The van der Waals surface area contributed by atoms with E-state index in [9.17, 15) is 9.18 Å². The molecule has 1 aliphatic heterocycles. The Morgan fingerprint density at radius 3 is 2.68 bits per heavy atom. The summed E-state index contributed by atoms with van der Waals surface area (Å²) in [7, 11) is 0. The largest absolute Gasteiger partial charge is 0.381 e. The van der Waals surface area contributed by atoms with Gasteiger partial charge in [0.25, 0.3) is 5.91 Å². The van der Waals surface area contributed by atoms with Crippen LogP contribution in [0, 0.1) is 5.82 Å². The predicted octanol–water partition coefficient (Wildman–Crippen LogP) is 2.86. The molecule has 2 rings (SSSR count). The Balaban J connectivity index is 2.11. The van der Waals surface area contributed by atoms with Gasteiger partial charge >= 0.3 is 0 Å². The van der Waals surface area contributed by atoms with Gasteiger partial charge in [0.1, 0.15) is 5.82 Å². The SMILES string of the molecule is CC(C)c1ccc(F)c(C(=O)NC2CCOCC2)c1. The van der Waals surface area contributed by atoms with Gasteiger partial charge < -0.3 is 10.1 Å². The number of carbonyl (C=O) groups is 1. The van der Waals surface area contributed by atoms with Crippen LogP contribution in [-0.2, 0) is 4.74 Å². The molecule has 0 aliphatic carbocycles. The van der Waals surface area contributed by atoms with Gasteiger partial charge in [-0.3, -0.25) is 4.79 Å². The zero-order chi connectivity index (χ0) is 13.8. The molecule has 1 fully saturated rings. The maximum atomic E-state index is 13.8. The van der Waals surface area contributed by atoms with Gasteiger partial charge in [0.05, 0.1) is 5.56 Å². The molecule has 0 bridgehead atoms. The molecule has 0 aromatic heterocycles. The minimum absolute atomic E-state index is 0.0864. The van der Waals surface area contributed by atoms with Crippen LogP contribution in [0.15, 0.2) is 18.2 Å². The van der Waals surface area contributed by atoms with Gasteiger partial charge in [0, 0.05) is 19.3 Å². The van der Waals surface area contributed by atoms with Crippen molar-refractivity contribution in [1.82, 2.24) is 5.32 Å². The van der Waals surface area contributed by atoms with Crippen LogP contribution < -0.4 is 5.32 Å². The zero-order valence-electron chi connectivity index (χ0n) is 11.4. The highest BCUT2D eigenvalue weighted by Gasteiger charge is 2.19. The number of benzene rings is 1. The lowest BCUT2D eigenvalue weighted by Gasteiger charge is -2.23. The van der Waals surface area contributed by atoms with Gasteiger partial charge in [-0.15, -0.1) is 0 Å². The number of halogens is 1. The first kappa shape index (κ1) is 14.0. The molecule has 104 valence electrons. The first-order chi connectivity index (χ1) is 9.08. The molecule has 0 radical (unpaired) electrons. The van der Waals surface area contributed by atoms with E-state index in [1.165, 1.54) is 6.07 Å². The fourth-order valence-electron chi connectivity index (χ4n) is 2.18. The second-order valence-electron chi connectivity index (χ2n) is 5.25. The van der Waals surface area contributed by atoms with Gasteiger partial charge in [0.2, 0.25) is 0 Å². The van der Waals surface area contributed by atoms with Crippen molar-refractivity contribution in [3.8, 4) is 0 Å². The lowest BCUT2D eigenvalue weighted by Crippen LogP contribution is -2.39. The Bertz CT molecular complexity index is 453. The van der Waals surface area contributed by atoms with E-state index in [2.05, 4.69) is 5.32 Å². The summed E-state index contributed by atoms with van der Waals surface area (Å²) in [6, 6.07) is 4.83. The Kier molecular flexibility index (Phi) is 4.53. The minimum atomic E-state index is -0.464. The number of amides is 1. The average Bonchev–Trinajstić information content (AvgIpc) is 2.40. The highest BCUT2D eigenvalue weighted by Crippen LogP contribution is 2.18. The lowest BCUT2D eigenvalue weighted by atomic mass is 10.00. The molecule has 1 amide bonds. The fraction of sp³-hybridized carbons (Fsp3) is 0.533. The van der Waals surface area contributed by atoms with Crippen LogP contribution in [-0.4, -0.2) is 25.2 Å².